The Morgan fingerprint density at radius 3 is 2.67 bits per heavy atom. The first-order valence-corrected chi connectivity index (χ1v) is 8.45. The first-order valence-electron chi connectivity index (χ1n) is 7.19. The van der Waals surface area contributed by atoms with Crippen molar-refractivity contribution in [3.8, 4) is 22.1 Å². The van der Waals surface area contributed by atoms with Crippen LogP contribution in [0.3, 0.4) is 0 Å². The molecule has 0 spiro atoms. The molecular formula is C18H14ClNO3S. The van der Waals surface area contributed by atoms with Gasteiger partial charge in [0.1, 0.15) is 16.5 Å². The van der Waals surface area contributed by atoms with Gasteiger partial charge in [-0.25, -0.2) is 4.98 Å². The van der Waals surface area contributed by atoms with E-state index >= 15 is 0 Å². The van der Waals surface area contributed by atoms with E-state index in [1.165, 1.54) is 11.3 Å². The van der Waals surface area contributed by atoms with E-state index in [0.717, 1.165) is 16.3 Å². The molecule has 4 nitrogen and oxygen atoms in total. The molecule has 122 valence electrons. The zero-order valence-electron chi connectivity index (χ0n) is 12.9. The molecule has 24 heavy (non-hydrogen) atoms. The molecule has 0 unspecified atom stereocenters. The molecule has 0 aliphatic rings. The van der Waals surface area contributed by atoms with E-state index in [1.807, 2.05) is 29.6 Å². The lowest BCUT2D eigenvalue weighted by atomic mass is 10.2. The van der Waals surface area contributed by atoms with Crippen LogP contribution >= 0.6 is 22.9 Å². The summed E-state index contributed by atoms with van der Waals surface area (Å²) in [7, 11) is 1.63. The molecule has 0 radical (unpaired) electrons. The fraction of sp³-hybridized carbons (Fsp3) is 0.111. The number of esters is 1. The van der Waals surface area contributed by atoms with Crippen molar-refractivity contribution in [1.82, 2.24) is 4.98 Å². The van der Waals surface area contributed by atoms with Crippen molar-refractivity contribution >= 4 is 28.9 Å². The van der Waals surface area contributed by atoms with Crippen molar-refractivity contribution in [1.29, 1.82) is 0 Å². The van der Waals surface area contributed by atoms with Crippen molar-refractivity contribution < 1.29 is 14.3 Å². The van der Waals surface area contributed by atoms with E-state index in [4.69, 9.17) is 21.1 Å². The second kappa shape index (κ2) is 7.47. The van der Waals surface area contributed by atoms with Gasteiger partial charge in [0.25, 0.3) is 0 Å². The largest absolute Gasteiger partial charge is 0.497 e. The van der Waals surface area contributed by atoms with Crippen molar-refractivity contribution in [3.63, 3.8) is 0 Å². The monoisotopic (exact) mass is 359 g/mol. The Bertz CT molecular complexity index is 845. The summed E-state index contributed by atoms with van der Waals surface area (Å²) in [6.45, 7) is 0. The van der Waals surface area contributed by atoms with E-state index in [1.54, 1.807) is 31.4 Å². The molecule has 0 amide bonds. The number of hydrogen-bond donors (Lipinski definition) is 0. The molecule has 0 N–H and O–H groups in total. The van der Waals surface area contributed by atoms with E-state index < -0.39 is 0 Å². The molecule has 3 rings (SSSR count). The third-order valence-corrected chi connectivity index (χ3v) is 4.42. The van der Waals surface area contributed by atoms with Crippen LogP contribution in [0.5, 0.6) is 11.5 Å². The zero-order chi connectivity index (χ0) is 16.9. The average molecular weight is 360 g/mol. The summed E-state index contributed by atoms with van der Waals surface area (Å²) >= 11 is 7.36. The van der Waals surface area contributed by atoms with E-state index in [-0.39, 0.29) is 12.4 Å². The van der Waals surface area contributed by atoms with Gasteiger partial charge in [-0.15, -0.1) is 11.3 Å². The van der Waals surface area contributed by atoms with Gasteiger partial charge < -0.3 is 9.47 Å². The Labute approximate surface area is 148 Å². The highest BCUT2D eigenvalue weighted by molar-refractivity contribution is 7.13. The third-order valence-electron chi connectivity index (χ3n) is 3.24. The molecule has 0 aliphatic heterocycles. The number of aromatic nitrogens is 1. The number of hydrogen-bond acceptors (Lipinski definition) is 5. The van der Waals surface area contributed by atoms with E-state index in [2.05, 4.69) is 4.98 Å². The second-order valence-corrected chi connectivity index (χ2v) is 6.28. The van der Waals surface area contributed by atoms with Crippen molar-refractivity contribution in [2.24, 2.45) is 0 Å². The SMILES string of the molecule is COc1ccc(-c2nc(CC(=O)Oc3cccc(Cl)c3)cs2)cc1. The summed E-state index contributed by atoms with van der Waals surface area (Å²) in [5.41, 5.74) is 1.66. The predicted octanol–water partition coefficient (Wildman–Crippen LogP) is 4.62. The molecule has 2 aromatic carbocycles. The molecule has 0 atom stereocenters. The predicted molar refractivity (Wildman–Crippen MR) is 94.9 cm³/mol. The summed E-state index contributed by atoms with van der Waals surface area (Å²) in [5.74, 6) is 0.850. The van der Waals surface area contributed by atoms with Crippen molar-refractivity contribution in [2.75, 3.05) is 7.11 Å². The first-order chi connectivity index (χ1) is 11.6. The Hall–Kier alpha value is -2.37. The highest BCUT2D eigenvalue weighted by Gasteiger charge is 2.11. The number of nitrogens with zero attached hydrogens (tertiary/aromatic N) is 1. The quantitative estimate of drug-likeness (QED) is 0.492. The summed E-state index contributed by atoms with van der Waals surface area (Å²) in [5, 5.41) is 3.23. The van der Waals surface area contributed by atoms with Crippen molar-refractivity contribution in [3.05, 3.63) is 64.6 Å². The maximum absolute atomic E-state index is 12.0. The van der Waals surface area contributed by atoms with Gasteiger partial charge in [-0.05, 0) is 42.5 Å². The summed E-state index contributed by atoms with van der Waals surface area (Å²) in [6, 6.07) is 14.4. The van der Waals surface area contributed by atoms with Crippen LogP contribution < -0.4 is 9.47 Å². The number of halogens is 1. The molecule has 0 saturated heterocycles. The minimum absolute atomic E-state index is 0.110. The van der Waals surface area contributed by atoms with Crippen LogP contribution in [0.1, 0.15) is 5.69 Å². The number of carbonyl (C=O) groups excluding carboxylic acids is 1. The van der Waals surface area contributed by atoms with Crippen LogP contribution in [0.15, 0.2) is 53.9 Å². The topological polar surface area (TPSA) is 48.4 Å². The van der Waals surface area contributed by atoms with Crippen LogP contribution in [0.4, 0.5) is 0 Å². The van der Waals surface area contributed by atoms with Gasteiger partial charge in [0, 0.05) is 16.0 Å². The second-order valence-electron chi connectivity index (χ2n) is 4.98. The number of methoxy groups -OCH3 is 1. The molecule has 1 heterocycles. The molecule has 0 aliphatic carbocycles. The highest BCUT2D eigenvalue weighted by atomic mass is 35.5. The van der Waals surface area contributed by atoms with Crippen LogP contribution in [-0.2, 0) is 11.2 Å². The van der Waals surface area contributed by atoms with Crippen LogP contribution in [-0.4, -0.2) is 18.1 Å². The molecule has 3 aromatic rings. The van der Waals surface area contributed by atoms with Crippen molar-refractivity contribution in [2.45, 2.75) is 6.42 Å². The van der Waals surface area contributed by atoms with E-state index in [0.29, 0.717) is 16.5 Å². The lowest BCUT2D eigenvalue weighted by molar-refractivity contribution is -0.133. The summed E-state index contributed by atoms with van der Waals surface area (Å²) < 4.78 is 10.4. The van der Waals surface area contributed by atoms with Gasteiger partial charge in [-0.1, -0.05) is 17.7 Å². The number of rotatable bonds is 5. The molecule has 1 aromatic heterocycles. The maximum atomic E-state index is 12.0. The Kier molecular flexibility index (Phi) is 5.13. The minimum atomic E-state index is -0.371. The summed E-state index contributed by atoms with van der Waals surface area (Å²) in [4.78, 5) is 16.5. The van der Waals surface area contributed by atoms with Gasteiger partial charge >= 0.3 is 5.97 Å². The summed E-state index contributed by atoms with van der Waals surface area (Å²) in [6.07, 6.45) is 0.110. The smallest absolute Gasteiger partial charge is 0.317 e. The lowest BCUT2D eigenvalue weighted by Crippen LogP contribution is -2.11. The third kappa shape index (κ3) is 4.13. The fourth-order valence-electron chi connectivity index (χ4n) is 2.10. The molecule has 0 bridgehead atoms. The molecule has 6 heteroatoms. The Morgan fingerprint density at radius 1 is 1.17 bits per heavy atom. The van der Waals surface area contributed by atoms with E-state index in [9.17, 15) is 4.79 Å². The van der Waals surface area contributed by atoms with Gasteiger partial charge in [0.15, 0.2) is 0 Å². The zero-order valence-corrected chi connectivity index (χ0v) is 14.4. The van der Waals surface area contributed by atoms with Gasteiger partial charge in [-0.2, -0.15) is 0 Å². The van der Waals surface area contributed by atoms with Crippen LogP contribution in [0, 0.1) is 0 Å². The Morgan fingerprint density at radius 2 is 1.96 bits per heavy atom. The van der Waals surface area contributed by atoms with Crippen LogP contribution in [0.2, 0.25) is 5.02 Å². The van der Waals surface area contributed by atoms with Crippen LogP contribution in [0.25, 0.3) is 10.6 Å². The average Bonchev–Trinajstić information content (AvgIpc) is 3.03. The molecule has 0 saturated carbocycles. The first kappa shape index (κ1) is 16.5. The maximum Gasteiger partial charge on any atom is 0.317 e. The van der Waals surface area contributed by atoms with Gasteiger partial charge in [-0.3, -0.25) is 4.79 Å². The number of thiazole rings is 1. The number of ether oxygens (including phenoxy) is 2. The highest BCUT2D eigenvalue weighted by Crippen LogP contribution is 2.26. The minimum Gasteiger partial charge on any atom is -0.497 e. The van der Waals surface area contributed by atoms with Gasteiger partial charge in [0.05, 0.1) is 19.2 Å². The number of benzene rings is 2. The standard InChI is InChI=1S/C18H14ClNO3S/c1-22-15-7-5-12(6-8-15)18-20-14(11-24-18)10-17(21)23-16-4-2-3-13(19)9-16/h2-9,11H,10H2,1H3. The van der Waals surface area contributed by atoms with Gasteiger partial charge in [0.2, 0.25) is 0 Å². The fourth-order valence-corrected chi connectivity index (χ4v) is 3.11. The lowest BCUT2D eigenvalue weighted by Gasteiger charge is -2.03. The number of carbonyl (C=O) groups is 1. The normalized spacial score (nSPS) is 10.4. The molecular weight excluding hydrogens is 346 g/mol. The molecule has 0 fully saturated rings. The Balaban J connectivity index is 1.65.